The molecule has 0 bridgehead atoms. The lowest BCUT2D eigenvalue weighted by Gasteiger charge is -2.30. The number of anilines is 1. The van der Waals surface area contributed by atoms with Crippen LogP contribution in [-0.4, -0.2) is 24.7 Å². The zero-order valence-electron chi connectivity index (χ0n) is 12.2. The molecular weight excluding hydrogens is 266 g/mol. The van der Waals surface area contributed by atoms with Crippen LogP contribution in [0.4, 0.5) is 5.69 Å². The molecule has 0 aliphatic rings. The van der Waals surface area contributed by atoms with E-state index in [4.69, 9.17) is 4.74 Å². The van der Waals surface area contributed by atoms with E-state index in [0.29, 0.717) is 0 Å². The van der Waals surface area contributed by atoms with Crippen LogP contribution in [-0.2, 0) is 4.79 Å². The van der Waals surface area contributed by atoms with Gasteiger partial charge in [0.05, 0.1) is 13.2 Å². The summed E-state index contributed by atoms with van der Waals surface area (Å²) in [4.78, 5) is 13.0. The molecule has 0 heterocycles. The number of carboxylic acid groups (broad SMARTS) is 1. The van der Waals surface area contributed by atoms with Crippen molar-refractivity contribution in [2.75, 3.05) is 18.6 Å². The molecule has 1 N–H and O–H groups in total. The number of carbonyl (C=O) groups is 1. The van der Waals surface area contributed by atoms with E-state index >= 15 is 0 Å². The molecule has 0 radical (unpaired) electrons. The second kappa shape index (κ2) is 6.79. The molecule has 2 rings (SSSR count). The van der Waals surface area contributed by atoms with E-state index < -0.39 is 5.97 Å². The lowest BCUT2D eigenvalue weighted by Crippen LogP contribution is -2.32. The summed E-state index contributed by atoms with van der Waals surface area (Å²) in [5.74, 6) is -0.0868. The molecule has 4 nitrogen and oxygen atoms in total. The first kappa shape index (κ1) is 14.9. The van der Waals surface area contributed by atoms with Crippen LogP contribution in [0.2, 0.25) is 0 Å². The molecule has 2 aromatic carbocycles. The van der Waals surface area contributed by atoms with E-state index in [9.17, 15) is 9.90 Å². The van der Waals surface area contributed by atoms with E-state index in [2.05, 4.69) is 0 Å². The van der Waals surface area contributed by atoms with Gasteiger partial charge < -0.3 is 14.7 Å². The van der Waals surface area contributed by atoms with E-state index in [1.807, 2.05) is 66.4 Å². The Balaban J connectivity index is 2.33. The molecule has 0 spiro atoms. The fourth-order valence-electron chi connectivity index (χ4n) is 2.30. The SMILES string of the molecule is COc1cccc(C(C)N(CC(=O)O)c2ccccc2)c1. The highest BCUT2D eigenvalue weighted by atomic mass is 16.5. The van der Waals surface area contributed by atoms with Crippen LogP contribution in [0, 0.1) is 0 Å². The van der Waals surface area contributed by atoms with Gasteiger partial charge in [0.2, 0.25) is 0 Å². The predicted molar refractivity (Wildman–Crippen MR) is 82.8 cm³/mol. The third kappa shape index (κ3) is 3.75. The van der Waals surface area contributed by atoms with Gasteiger partial charge in [-0.1, -0.05) is 30.3 Å². The molecule has 0 aromatic heterocycles. The third-order valence-electron chi connectivity index (χ3n) is 3.44. The zero-order chi connectivity index (χ0) is 15.2. The largest absolute Gasteiger partial charge is 0.497 e. The molecule has 110 valence electrons. The average Bonchev–Trinajstić information content (AvgIpc) is 2.52. The van der Waals surface area contributed by atoms with Crippen molar-refractivity contribution in [2.45, 2.75) is 13.0 Å². The van der Waals surface area contributed by atoms with E-state index in [0.717, 1.165) is 17.0 Å². The van der Waals surface area contributed by atoms with Gasteiger partial charge in [0.1, 0.15) is 12.3 Å². The summed E-state index contributed by atoms with van der Waals surface area (Å²) in [6, 6.07) is 17.2. The fraction of sp³-hybridized carbons (Fsp3) is 0.235. The second-order valence-electron chi connectivity index (χ2n) is 4.81. The number of ether oxygens (including phenoxy) is 1. The molecule has 0 amide bonds. The van der Waals surface area contributed by atoms with Crippen molar-refractivity contribution < 1.29 is 14.6 Å². The first-order valence-electron chi connectivity index (χ1n) is 6.79. The maximum absolute atomic E-state index is 11.2. The Morgan fingerprint density at radius 1 is 1.19 bits per heavy atom. The predicted octanol–water partition coefficient (Wildman–Crippen LogP) is 3.35. The number of benzene rings is 2. The van der Waals surface area contributed by atoms with Crippen LogP contribution in [0.5, 0.6) is 5.75 Å². The summed E-state index contributed by atoms with van der Waals surface area (Å²) in [6.45, 7) is 1.94. The van der Waals surface area contributed by atoms with Crippen molar-refractivity contribution in [3.05, 3.63) is 60.2 Å². The van der Waals surface area contributed by atoms with Crippen molar-refractivity contribution >= 4 is 11.7 Å². The summed E-state index contributed by atoms with van der Waals surface area (Å²) in [6.07, 6.45) is 0. The lowest BCUT2D eigenvalue weighted by atomic mass is 10.1. The molecular formula is C17H19NO3. The van der Waals surface area contributed by atoms with Gasteiger partial charge in [0.15, 0.2) is 0 Å². The van der Waals surface area contributed by atoms with Crippen LogP contribution < -0.4 is 9.64 Å². The van der Waals surface area contributed by atoms with Gasteiger partial charge in [-0.05, 0) is 36.8 Å². The summed E-state index contributed by atoms with van der Waals surface area (Å²) >= 11 is 0. The number of methoxy groups -OCH3 is 1. The Morgan fingerprint density at radius 3 is 2.52 bits per heavy atom. The van der Waals surface area contributed by atoms with Gasteiger partial charge >= 0.3 is 5.97 Å². The van der Waals surface area contributed by atoms with Gasteiger partial charge in [-0.15, -0.1) is 0 Å². The summed E-state index contributed by atoms with van der Waals surface area (Å²) in [7, 11) is 1.62. The minimum atomic E-state index is -0.853. The number of hydrogen-bond donors (Lipinski definition) is 1. The van der Waals surface area contributed by atoms with Crippen molar-refractivity contribution in [2.24, 2.45) is 0 Å². The van der Waals surface area contributed by atoms with Gasteiger partial charge in [0.25, 0.3) is 0 Å². The molecule has 0 saturated heterocycles. The Hall–Kier alpha value is -2.49. The monoisotopic (exact) mass is 285 g/mol. The number of carboxylic acids is 1. The number of rotatable bonds is 6. The standard InChI is InChI=1S/C17H19NO3/c1-13(14-7-6-10-16(11-14)21-2)18(12-17(19)20)15-8-4-3-5-9-15/h3-11,13H,12H2,1-2H3,(H,19,20). The molecule has 1 atom stereocenters. The topological polar surface area (TPSA) is 49.8 Å². The van der Waals surface area contributed by atoms with E-state index in [-0.39, 0.29) is 12.6 Å². The fourth-order valence-corrected chi connectivity index (χ4v) is 2.30. The molecule has 0 aliphatic heterocycles. The number of para-hydroxylation sites is 1. The second-order valence-corrected chi connectivity index (χ2v) is 4.81. The van der Waals surface area contributed by atoms with E-state index in [1.54, 1.807) is 7.11 Å². The van der Waals surface area contributed by atoms with E-state index in [1.165, 1.54) is 0 Å². The van der Waals surface area contributed by atoms with Crippen molar-refractivity contribution in [3.63, 3.8) is 0 Å². The Bertz CT molecular complexity index is 598. The average molecular weight is 285 g/mol. The van der Waals surface area contributed by atoms with Gasteiger partial charge in [-0.25, -0.2) is 0 Å². The van der Waals surface area contributed by atoms with Gasteiger partial charge in [-0.3, -0.25) is 4.79 Å². The molecule has 0 aliphatic carbocycles. The third-order valence-corrected chi connectivity index (χ3v) is 3.44. The molecule has 0 fully saturated rings. The first-order chi connectivity index (χ1) is 10.1. The molecule has 4 heteroatoms. The van der Waals surface area contributed by atoms with Crippen LogP contribution in [0.3, 0.4) is 0 Å². The first-order valence-corrected chi connectivity index (χ1v) is 6.79. The van der Waals surface area contributed by atoms with Crippen molar-refractivity contribution in [1.29, 1.82) is 0 Å². The highest BCUT2D eigenvalue weighted by Gasteiger charge is 2.19. The van der Waals surface area contributed by atoms with Crippen LogP contribution in [0.15, 0.2) is 54.6 Å². The Morgan fingerprint density at radius 2 is 1.90 bits per heavy atom. The zero-order valence-corrected chi connectivity index (χ0v) is 12.2. The molecule has 21 heavy (non-hydrogen) atoms. The highest BCUT2D eigenvalue weighted by Crippen LogP contribution is 2.28. The van der Waals surface area contributed by atoms with Crippen LogP contribution >= 0.6 is 0 Å². The van der Waals surface area contributed by atoms with Crippen LogP contribution in [0.1, 0.15) is 18.5 Å². The quantitative estimate of drug-likeness (QED) is 0.884. The number of nitrogens with zero attached hydrogens (tertiary/aromatic N) is 1. The van der Waals surface area contributed by atoms with Crippen LogP contribution in [0.25, 0.3) is 0 Å². The van der Waals surface area contributed by atoms with Crippen molar-refractivity contribution in [1.82, 2.24) is 0 Å². The molecule has 2 aromatic rings. The lowest BCUT2D eigenvalue weighted by molar-refractivity contribution is -0.135. The molecule has 0 saturated carbocycles. The van der Waals surface area contributed by atoms with Crippen molar-refractivity contribution in [3.8, 4) is 5.75 Å². The summed E-state index contributed by atoms with van der Waals surface area (Å²) < 4.78 is 5.24. The number of aliphatic carboxylic acids is 1. The molecule has 1 unspecified atom stereocenters. The normalized spacial score (nSPS) is 11.7. The van der Waals surface area contributed by atoms with Gasteiger partial charge in [0, 0.05) is 5.69 Å². The smallest absolute Gasteiger partial charge is 0.323 e. The Labute approximate surface area is 124 Å². The highest BCUT2D eigenvalue weighted by molar-refractivity contribution is 5.74. The maximum atomic E-state index is 11.2. The summed E-state index contributed by atoms with van der Waals surface area (Å²) in [5, 5.41) is 9.18. The minimum absolute atomic E-state index is 0.0532. The maximum Gasteiger partial charge on any atom is 0.323 e. The van der Waals surface area contributed by atoms with Gasteiger partial charge in [-0.2, -0.15) is 0 Å². The summed E-state index contributed by atoms with van der Waals surface area (Å²) in [5.41, 5.74) is 1.90. The minimum Gasteiger partial charge on any atom is -0.497 e. The number of hydrogen-bond acceptors (Lipinski definition) is 3. The Kier molecular flexibility index (Phi) is 4.82.